The van der Waals surface area contributed by atoms with Gasteiger partial charge in [-0.15, -0.1) is 0 Å². The Morgan fingerprint density at radius 1 is 1.40 bits per heavy atom. The first-order chi connectivity index (χ1) is 4.83. The van der Waals surface area contributed by atoms with E-state index in [4.69, 9.17) is 0 Å². The van der Waals surface area contributed by atoms with Gasteiger partial charge in [-0.1, -0.05) is 0 Å². The van der Waals surface area contributed by atoms with E-state index in [2.05, 4.69) is 17.5 Å². The van der Waals surface area contributed by atoms with Crippen molar-refractivity contribution in [2.75, 3.05) is 25.4 Å². The minimum absolute atomic E-state index is 0.545. The Morgan fingerprint density at radius 2 is 2.00 bits per heavy atom. The molecule has 1 nitrogen and oxygen atoms in total. The van der Waals surface area contributed by atoms with Crippen LogP contribution in [0.5, 0.6) is 0 Å². The van der Waals surface area contributed by atoms with Crippen molar-refractivity contribution >= 4 is 12.6 Å². The van der Waals surface area contributed by atoms with Crippen LogP contribution in [0.3, 0.4) is 0 Å². The molecule has 0 bridgehead atoms. The maximum absolute atomic E-state index is 12.6. The highest BCUT2D eigenvalue weighted by Crippen LogP contribution is 2.12. The van der Waals surface area contributed by atoms with Crippen LogP contribution < -0.4 is 0 Å². The lowest BCUT2D eigenvalue weighted by Gasteiger charge is -2.27. The molecule has 0 atom stereocenters. The van der Waals surface area contributed by atoms with E-state index in [1.54, 1.807) is 0 Å². The van der Waals surface area contributed by atoms with Crippen LogP contribution in [0.2, 0.25) is 0 Å². The molecule has 1 saturated heterocycles. The molecule has 1 aliphatic heterocycles. The van der Waals surface area contributed by atoms with Crippen LogP contribution in [0, 0.1) is 0 Å². The van der Waals surface area contributed by atoms with Crippen LogP contribution in [0.15, 0.2) is 0 Å². The summed E-state index contributed by atoms with van der Waals surface area (Å²) in [6.45, 7) is 2.85. The maximum Gasteiger partial charge on any atom is 0.103 e. The molecule has 1 fully saturated rings. The average Bonchev–Trinajstić information content (AvgIpc) is 1.95. The molecule has 0 N–H and O–H groups in total. The first-order valence-electron chi connectivity index (χ1n) is 3.80. The molecule has 0 aromatic heterocycles. The molecule has 0 spiro atoms. The lowest BCUT2D eigenvalue weighted by Crippen LogP contribution is -2.35. The molecular weight excluding hydrogens is 149 g/mol. The predicted molar refractivity (Wildman–Crippen MR) is 44.4 cm³/mol. The average molecular weight is 163 g/mol. The van der Waals surface area contributed by atoms with Gasteiger partial charge < -0.3 is 4.90 Å². The summed E-state index contributed by atoms with van der Waals surface area (Å²) < 4.78 is 12.6. The smallest absolute Gasteiger partial charge is 0.103 e. The first kappa shape index (κ1) is 8.34. The largest absolute Gasteiger partial charge is 0.302 e. The Bertz CT molecular complexity index is 91.6. The number of hydrogen-bond acceptors (Lipinski definition) is 2. The summed E-state index contributed by atoms with van der Waals surface area (Å²) in [6, 6.07) is 0. The number of alkyl halides is 1. The molecule has 0 aromatic rings. The van der Waals surface area contributed by atoms with Crippen molar-refractivity contribution in [1.82, 2.24) is 4.90 Å². The Hall–Kier alpha value is 0.240. The summed E-state index contributed by atoms with van der Waals surface area (Å²) in [5.74, 6) is 0.886. The Labute approximate surface area is 67.0 Å². The van der Waals surface area contributed by atoms with Gasteiger partial charge in [0.05, 0.1) is 0 Å². The molecule has 1 aliphatic rings. The fourth-order valence-corrected chi connectivity index (χ4v) is 1.55. The van der Waals surface area contributed by atoms with Gasteiger partial charge in [-0.2, -0.15) is 12.6 Å². The topological polar surface area (TPSA) is 3.24 Å². The highest BCUT2D eigenvalue weighted by molar-refractivity contribution is 7.80. The van der Waals surface area contributed by atoms with E-state index < -0.39 is 6.17 Å². The van der Waals surface area contributed by atoms with E-state index in [0.29, 0.717) is 12.8 Å². The van der Waals surface area contributed by atoms with Gasteiger partial charge in [0, 0.05) is 25.4 Å². The standard InChI is InChI=1S/C7H14FNS/c8-7-1-3-9(4-2-7)5-6-10/h7,10H,1-6H2. The van der Waals surface area contributed by atoms with Crippen molar-refractivity contribution in [3.63, 3.8) is 0 Å². The Morgan fingerprint density at radius 3 is 2.50 bits per heavy atom. The molecule has 1 rings (SSSR count). The van der Waals surface area contributed by atoms with E-state index in [9.17, 15) is 4.39 Å². The number of halogens is 1. The van der Waals surface area contributed by atoms with E-state index in [0.717, 1.165) is 25.4 Å². The maximum atomic E-state index is 12.6. The van der Waals surface area contributed by atoms with Gasteiger partial charge >= 0.3 is 0 Å². The molecule has 0 aromatic carbocycles. The Kier molecular flexibility index (Phi) is 3.49. The summed E-state index contributed by atoms with van der Waals surface area (Å²) in [5.41, 5.74) is 0. The molecular formula is C7H14FNS. The second-order valence-corrected chi connectivity index (χ2v) is 3.19. The van der Waals surface area contributed by atoms with Gasteiger partial charge in [-0.25, -0.2) is 4.39 Å². The van der Waals surface area contributed by atoms with Crippen molar-refractivity contribution in [3.05, 3.63) is 0 Å². The van der Waals surface area contributed by atoms with Gasteiger partial charge in [0.25, 0.3) is 0 Å². The molecule has 60 valence electrons. The lowest BCUT2D eigenvalue weighted by atomic mass is 10.1. The number of hydrogen-bond donors (Lipinski definition) is 1. The lowest BCUT2D eigenvalue weighted by molar-refractivity contribution is 0.157. The molecule has 10 heavy (non-hydrogen) atoms. The van der Waals surface area contributed by atoms with Crippen LogP contribution >= 0.6 is 12.6 Å². The molecule has 0 aliphatic carbocycles. The van der Waals surface area contributed by atoms with E-state index in [-0.39, 0.29) is 0 Å². The Balaban J connectivity index is 2.13. The zero-order valence-electron chi connectivity index (χ0n) is 6.09. The van der Waals surface area contributed by atoms with Gasteiger partial charge in [0.2, 0.25) is 0 Å². The van der Waals surface area contributed by atoms with Crippen molar-refractivity contribution < 1.29 is 4.39 Å². The summed E-state index contributed by atoms with van der Waals surface area (Å²) in [4.78, 5) is 2.27. The molecule has 0 unspecified atom stereocenters. The van der Waals surface area contributed by atoms with Crippen molar-refractivity contribution in [3.8, 4) is 0 Å². The molecule has 3 heteroatoms. The van der Waals surface area contributed by atoms with Crippen molar-refractivity contribution in [2.24, 2.45) is 0 Å². The van der Waals surface area contributed by atoms with Crippen LogP contribution in [-0.4, -0.2) is 36.5 Å². The monoisotopic (exact) mass is 163 g/mol. The van der Waals surface area contributed by atoms with Crippen LogP contribution in [0.25, 0.3) is 0 Å². The SMILES string of the molecule is FC1CCN(CCS)CC1. The van der Waals surface area contributed by atoms with Crippen molar-refractivity contribution in [1.29, 1.82) is 0 Å². The third kappa shape index (κ3) is 2.46. The highest BCUT2D eigenvalue weighted by Gasteiger charge is 2.16. The summed E-state index contributed by atoms with van der Waals surface area (Å²) in [7, 11) is 0. The minimum atomic E-state index is -0.545. The van der Waals surface area contributed by atoms with Crippen LogP contribution in [0.1, 0.15) is 12.8 Å². The molecule has 1 heterocycles. The third-order valence-electron chi connectivity index (χ3n) is 1.93. The summed E-state index contributed by atoms with van der Waals surface area (Å²) >= 11 is 4.12. The summed E-state index contributed by atoms with van der Waals surface area (Å²) in [6.07, 6.45) is 0.887. The third-order valence-corrected chi connectivity index (χ3v) is 2.13. The number of rotatable bonds is 2. The molecule has 0 radical (unpaired) electrons. The fourth-order valence-electron chi connectivity index (χ4n) is 1.27. The second kappa shape index (κ2) is 4.19. The number of thiol groups is 1. The molecule has 0 saturated carbocycles. The zero-order valence-corrected chi connectivity index (χ0v) is 6.99. The van der Waals surface area contributed by atoms with Gasteiger partial charge in [-0.05, 0) is 12.8 Å². The first-order valence-corrected chi connectivity index (χ1v) is 4.43. The zero-order chi connectivity index (χ0) is 7.40. The van der Waals surface area contributed by atoms with E-state index >= 15 is 0 Å². The number of nitrogens with zero attached hydrogens (tertiary/aromatic N) is 1. The van der Waals surface area contributed by atoms with E-state index in [1.807, 2.05) is 0 Å². The number of likely N-dealkylation sites (tertiary alicyclic amines) is 1. The normalized spacial score (nSPS) is 23.4. The predicted octanol–water partition coefficient (Wildman–Crippen LogP) is 1.35. The quantitative estimate of drug-likeness (QED) is 0.601. The van der Waals surface area contributed by atoms with Crippen molar-refractivity contribution in [2.45, 2.75) is 19.0 Å². The van der Waals surface area contributed by atoms with Crippen LogP contribution in [-0.2, 0) is 0 Å². The van der Waals surface area contributed by atoms with Gasteiger partial charge in [0.15, 0.2) is 0 Å². The van der Waals surface area contributed by atoms with Gasteiger partial charge in [0.1, 0.15) is 6.17 Å². The highest BCUT2D eigenvalue weighted by atomic mass is 32.1. The van der Waals surface area contributed by atoms with E-state index in [1.165, 1.54) is 0 Å². The second-order valence-electron chi connectivity index (χ2n) is 2.74. The molecule has 0 amide bonds. The van der Waals surface area contributed by atoms with Crippen LogP contribution in [0.4, 0.5) is 4.39 Å². The fraction of sp³-hybridized carbons (Fsp3) is 1.00. The number of piperidine rings is 1. The van der Waals surface area contributed by atoms with Gasteiger partial charge in [-0.3, -0.25) is 0 Å². The summed E-state index contributed by atoms with van der Waals surface area (Å²) in [5, 5.41) is 0. The minimum Gasteiger partial charge on any atom is -0.302 e.